The number of alkyl halides is 1. The zero-order chi connectivity index (χ0) is 10.3. The predicted octanol–water partition coefficient (Wildman–Crippen LogP) is 3.86. The van der Waals surface area contributed by atoms with E-state index in [1.165, 1.54) is 0 Å². The SMILES string of the molecule is C=C(I)C[C@H](Cl)CCC(=O)/C=C/C. The molecule has 0 fully saturated rings. The van der Waals surface area contributed by atoms with Gasteiger partial charge in [0, 0.05) is 11.8 Å². The van der Waals surface area contributed by atoms with Gasteiger partial charge in [0.1, 0.15) is 0 Å². The van der Waals surface area contributed by atoms with Crippen molar-refractivity contribution >= 4 is 40.0 Å². The van der Waals surface area contributed by atoms with Crippen molar-refractivity contribution < 1.29 is 4.79 Å². The van der Waals surface area contributed by atoms with Crippen LogP contribution < -0.4 is 0 Å². The molecule has 1 nitrogen and oxygen atoms in total. The summed E-state index contributed by atoms with van der Waals surface area (Å²) in [6.07, 6.45) is 5.38. The second-order valence-corrected chi connectivity index (χ2v) is 4.97. The monoisotopic (exact) mass is 312 g/mol. The molecule has 3 heteroatoms. The normalized spacial score (nSPS) is 13.2. The molecular weight excluding hydrogens is 298 g/mol. The molecule has 0 aliphatic carbocycles. The fourth-order valence-electron chi connectivity index (χ4n) is 0.910. The number of halogens is 2. The summed E-state index contributed by atoms with van der Waals surface area (Å²) in [7, 11) is 0. The van der Waals surface area contributed by atoms with Gasteiger partial charge in [-0.25, -0.2) is 0 Å². The molecule has 0 amide bonds. The van der Waals surface area contributed by atoms with E-state index in [-0.39, 0.29) is 11.2 Å². The first kappa shape index (κ1) is 13.2. The van der Waals surface area contributed by atoms with Crippen LogP contribution in [0, 0.1) is 0 Å². The van der Waals surface area contributed by atoms with Crippen molar-refractivity contribution in [2.45, 2.75) is 31.6 Å². The molecule has 0 unspecified atom stereocenters. The summed E-state index contributed by atoms with van der Waals surface area (Å²) in [5, 5.41) is 0.0404. The summed E-state index contributed by atoms with van der Waals surface area (Å²) in [6.45, 7) is 5.60. The second-order valence-electron chi connectivity index (χ2n) is 2.82. The van der Waals surface area contributed by atoms with Crippen molar-refractivity contribution in [2.24, 2.45) is 0 Å². The summed E-state index contributed by atoms with van der Waals surface area (Å²) < 4.78 is 1.04. The van der Waals surface area contributed by atoms with Gasteiger partial charge in [-0.2, -0.15) is 0 Å². The van der Waals surface area contributed by atoms with E-state index >= 15 is 0 Å². The van der Waals surface area contributed by atoms with Gasteiger partial charge in [0.05, 0.1) is 0 Å². The van der Waals surface area contributed by atoms with Gasteiger partial charge in [-0.1, -0.05) is 12.7 Å². The summed E-state index contributed by atoms with van der Waals surface area (Å²) in [5.74, 6) is 0.146. The third kappa shape index (κ3) is 8.50. The second kappa shape index (κ2) is 7.56. The van der Waals surface area contributed by atoms with Crippen LogP contribution in [0.15, 0.2) is 22.3 Å². The van der Waals surface area contributed by atoms with Gasteiger partial charge >= 0.3 is 0 Å². The first-order valence-electron chi connectivity index (χ1n) is 4.19. The van der Waals surface area contributed by atoms with E-state index in [0.717, 1.165) is 16.4 Å². The van der Waals surface area contributed by atoms with Gasteiger partial charge in [-0.15, -0.1) is 11.6 Å². The third-order valence-corrected chi connectivity index (χ3v) is 2.31. The largest absolute Gasteiger partial charge is 0.295 e. The fraction of sp³-hybridized carbons (Fsp3) is 0.500. The minimum atomic E-state index is 0.0404. The van der Waals surface area contributed by atoms with E-state index in [0.29, 0.717) is 6.42 Å². The molecule has 0 N–H and O–H groups in total. The molecule has 0 aromatic carbocycles. The molecule has 0 rings (SSSR count). The van der Waals surface area contributed by atoms with E-state index in [1.54, 1.807) is 12.2 Å². The molecule has 0 spiro atoms. The number of carbonyl (C=O) groups is 1. The van der Waals surface area contributed by atoms with Crippen molar-refractivity contribution in [2.75, 3.05) is 0 Å². The van der Waals surface area contributed by atoms with E-state index in [9.17, 15) is 4.79 Å². The molecule has 1 atom stereocenters. The molecule has 0 aliphatic heterocycles. The van der Waals surface area contributed by atoms with Crippen LogP contribution in [-0.2, 0) is 4.79 Å². The standard InChI is InChI=1S/C10H14ClIO/c1-3-4-10(13)6-5-9(11)7-8(2)12/h3-4,9H,2,5-7H2,1H3/b4-3+/t9-/m1/s1. The van der Waals surface area contributed by atoms with Gasteiger partial charge in [0.2, 0.25) is 0 Å². The predicted molar refractivity (Wildman–Crippen MR) is 66.5 cm³/mol. The summed E-state index contributed by atoms with van der Waals surface area (Å²) >= 11 is 8.13. The van der Waals surface area contributed by atoms with Crippen molar-refractivity contribution in [3.8, 4) is 0 Å². The van der Waals surface area contributed by atoms with Gasteiger partial charge in [0.15, 0.2) is 5.78 Å². The van der Waals surface area contributed by atoms with E-state index in [1.807, 2.05) is 6.92 Å². The Bertz CT molecular complexity index is 211. The lowest BCUT2D eigenvalue weighted by molar-refractivity contribution is -0.114. The van der Waals surface area contributed by atoms with E-state index < -0.39 is 0 Å². The Hall–Kier alpha value is 0.170. The Morgan fingerprint density at radius 1 is 1.69 bits per heavy atom. The Morgan fingerprint density at radius 2 is 2.31 bits per heavy atom. The van der Waals surface area contributed by atoms with Crippen molar-refractivity contribution in [3.63, 3.8) is 0 Å². The lowest BCUT2D eigenvalue weighted by atomic mass is 10.1. The number of carbonyl (C=O) groups excluding carboxylic acids is 1. The van der Waals surface area contributed by atoms with Gasteiger partial charge in [0.25, 0.3) is 0 Å². The van der Waals surface area contributed by atoms with Gasteiger partial charge in [-0.05, 0) is 52.0 Å². The molecule has 13 heavy (non-hydrogen) atoms. The van der Waals surface area contributed by atoms with Crippen LogP contribution in [0.25, 0.3) is 0 Å². The van der Waals surface area contributed by atoms with Crippen LogP contribution in [0.1, 0.15) is 26.2 Å². The fourth-order valence-corrected chi connectivity index (χ4v) is 2.00. The van der Waals surface area contributed by atoms with Crippen LogP contribution in [0.5, 0.6) is 0 Å². The Morgan fingerprint density at radius 3 is 2.77 bits per heavy atom. The number of hydrogen-bond acceptors (Lipinski definition) is 1. The minimum absolute atomic E-state index is 0.0404. The van der Waals surface area contributed by atoms with Gasteiger partial charge < -0.3 is 0 Å². The van der Waals surface area contributed by atoms with Crippen LogP contribution in [-0.4, -0.2) is 11.2 Å². The highest BCUT2D eigenvalue weighted by atomic mass is 127. The Balaban J connectivity index is 3.63. The molecular formula is C10H14ClIO. The molecule has 0 saturated carbocycles. The molecule has 0 heterocycles. The van der Waals surface area contributed by atoms with Crippen LogP contribution in [0.3, 0.4) is 0 Å². The molecule has 0 saturated heterocycles. The highest BCUT2D eigenvalue weighted by Gasteiger charge is 2.07. The van der Waals surface area contributed by atoms with E-state index in [4.69, 9.17) is 11.6 Å². The lowest BCUT2D eigenvalue weighted by Crippen LogP contribution is -2.02. The Labute approximate surface area is 98.4 Å². The minimum Gasteiger partial charge on any atom is -0.295 e. The van der Waals surface area contributed by atoms with Crippen LogP contribution in [0.4, 0.5) is 0 Å². The van der Waals surface area contributed by atoms with Crippen molar-refractivity contribution in [1.29, 1.82) is 0 Å². The number of rotatable bonds is 6. The zero-order valence-electron chi connectivity index (χ0n) is 7.72. The molecule has 0 bridgehead atoms. The van der Waals surface area contributed by atoms with Crippen LogP contribution in [0.2, 0.25) is 0 Å². The average molecular weight is 313 g/mol. The number of allylic oxidation sites excluding steroid dienone is 3. The summed E-state index contributed by atoms with van der Waals surface area (Å²) in [4.78, 5) is 11.1. The number of ketones is 1. The first-order valence-corrected chi connectivity index (χ1v) is 5.70. The average Bonchev–Trinajstić information content (AvgIpc) is 2.00. The molecule has 0 aromatic rings. The molecule has 0 aromatic heterocycles. The smallest absolute Gasteiger partial charge is 0.155 e. The maximum atomic E-state index is 11.1. The summed E-state index contributed by atoms with van der Waals surface area (Å²) in [5.41, 5.74) is 0. The molecule has 0 aliphatic rings. The maximum absolute atomic E-state index is 11.1. The molecule has 74 valence electrons. The summed E-state index contributed by atoms with van der Waals surface area (Å²) in [6, 6.07) is 0. The quantitative estimate of drug-likeness (QED) is 0.413. The molecule has 0 radical (unpaired) electrons. The first-order chi connectivity index (χ1) is 6.06. The zero-order valence-corrected chi connectivity index (χ0v) is 10.6. The van der Waals surface area contributed by atoms with Gasteiger partial charge in [-0.3, -0.25) is 4.79 Å². The van der Waals surface area contributed by atoms with E-state index in [2.05, 4.69) is 29.2 Å². The maximum Gasteiger partial charge on any atom is 0.155 e. The topological polar surface area (TPSA) is 17.1 Å². The highest BCUT2D eigenvalue weighted by Crippen LogP contribution is 2.18. The van der Waals surface area contributed by atoms with Crippen molar-refractivity contribution in [3.05, 3.63) is 22.3 Å². The highest BCUT2D eigenvalue weighted by molar-refractivity contribution is 14.1. The third-order valence-electron chi connectivity index (χ3n) is 1.50. The lowest BCUT2D eigenvalue weighted by Gasteiger charge is -2.05. The Kier molecular flexibility index (Phi) is 7.66. The van der Waals surface area contributed by atoms with Crippen molar-refractivity contribution in [1.82, 2.24) is 0 Å². The van der Waals surface area contributed by atoms with Crippen LogP contribution >= 0.6 is 34.2 Å². The number of hydrogen-bond donors (Lipinski definition) is 0.